The van der Waals surface area contributed by atoms with E-state index in [0.29, 0.717) is 26.2 Å². The smallest absolute Gasteiger partial charge is 0.317 e. The maximum Gasteiger partial charge on any atom is 0.317 e. The molecule has 1 aromatic carbocycles. The third-order valence-corrected chi connectivity index (χ3v) is 5.09. The Morgan fingerprint density at radius 2 is 2.21 bits per heavy atom. The second kappa shape index (κ2) is 7.29. The van der Waals surface area contributed by atoms with Gasteiger partial charge in [-0.2, -0.15) is 0 Å². The van der Waals surface area contributed by atoms with Gasteiger partial charge in [-0.15, -0.1) is 11.3 Å². The number of fused-ring (bicyclic) bond motifs is 1. The summed E-state index contributed by atoms with van der Waals surface area (Å²) in [6.45, 7) is 1.97. The summed E-state index contributed by atoms with van der Waals surface area (Å²) in [5.74, 6) is -0.850. The Labute approximate surface area is 144 Å². The van der Waals surface area contributed by atoms with Gasteiger partial charge in [0, 0.05) is 24.3 Å². The number of amides is 1. The van der Waals surface area contributed by atoms with Crippen LogP contribution in [0.1, 0.15) is 9.67 Å². The molecule has 1 saturated heterocycles. The lowest BCUT2D eigenvalue weighted by Crippen LogP contribution is -2.49. The molecular weight excluding hydrogens is 328 g/mol. The minimum atomic E-state index is -0.869. The van der Waals surface area contributed by atoms with E-state index in [9.17, 15) is 9.59 Å². The maximum atomic E-state index is 12.8. The second-order valence-electron chi connectivity index (χ2n) is 5.98. The number of carbonyl (C=O) groups is 2. The van der Waals surface area contributed by atoms with Crippen molar-refractivity contribution in [2.24, 2.45) is 0 Å². The number of aliphatic carboxylic acids is 1. The molecule has 1 fully saturated rings. The SMILES string of the molecule is CN(CC(=O)O)C[C@H]1CN(C(=O)c2cc3ccccc3s2)CCO1. The van der Waals surface area contributed by atoms with E-state index >= 15 is 0 Å². The first-order valence-corrected chi connectivity index (χ1v) is 8.64. The lowest BCUT2D eigenvalue weighted by Gasteiger charge is -2.34. The van der Waals surface area contributed by atoms with Gasteiger partial charge in [0.25, 0.3) is 5.91 Å². The van der Waals surface area contributed by atoms with Crippen molar-refractivity contribution < 1.29 is 19.4 Å². The van der Waals surface area contributed by atoms with Gasteiger partial charge in [-0.05, 0) is 24.6 Å². The molecule has 0 aliphatic carbocycles. The number of carboxylic acids is 1. The molecule has 7 heteroatoms. The number of benzene rings is 1. The molecule has 0 spiro atoms. The van der Waals surface area contributed by atoms with Crippen molar-refractivity contribution in [2.75, 3.05) is 39.8 Å². The van der Waals surface area contributed by atoms with E-state index in [4.69, 9.17) is 9.84 Å². The Hall–Kier alpha value is -1.96. The molecule has 0 unspecified atom stereocenters. The average molecular weight is 348 g/mol. The number of hydrogen-bond donors (Lipinski definition) is 1. The van der Waals surface area contributed by atoms with Crippen LogP contribution in [0, 0.1) is 0 Å². The number of carbonyl (C=O) groups excluding carboxylic acids is 1. The minimum Gasteiger partial charge on any atom is -0.480 e. The summed E-state index contributed by atoms with van der Waals surface area (Å²) in [5, 5.41) is 9.91. The summed E-state index contributed by atoms with van der Waals surface area (Å²) < 4.78 is 6.78. The highest BCUT2D eigenvalue weighted by molar-refractivity contribution is 7.20. The summed E-state index contributed by atoms with van der Waals surface area (Å²) in [6.07, 6.45) is -0.165. The number of thiophene rings is 1. The van der Waals surface area contributed by atoms with Gasteiger partial charge in [0.1, 0.15) is 0 Å². The second-order valence-corrected chi connectivity index (χ2v) is 7.07. The van der Waals surface area contributed by atoms with Crippen LogP contribution >= 0.6 is 11.3 Å². The van der Waals surface area contributed by atoms with Crippen molar-refractivity contribution in [3.63, 3.8) is 0 Å². The van der Waals surface area contributed by atoms with Crippen LogP contribution in [0.15, 0.2) is 30.3 Å². The van der Waals surface area contributed by atoms with Gasteiger partial charge in [-0.3, -0.25) is 14.5 Å². The van der Waals surface area contributed by atoms with Crippen molar-refractivity contribution in [3.8, 4) is 0 Å². The highest BCUT2D eigenvalue weighted by Gasteiger charge is 2.27. The van der Waals surface area contributed by atoms with E-state index in [0.717, 1.165) is 15.0 Å². The van der Waals surface area contributed by atoms with Gasteiger partial charge in [-0.25, -0.2) is 0 Å². The summed E-state index contributed by atoms with van der Waals surface area (Å²) >= 11 is 1.50. The zero-order chi connectivity index (χ0) is 17.1. The first-order valence-electron chi connectivity index (χ1n) is 7.82. The third-order valence-electron chi connectivity index (χ3n) is 3.98. The highest BCUT2D eigenvalue weighted by Crippen LogP contribution is 2.26. The molecule has 0 bridgehead atoms. The average Bonchev–Trinajstić information content (AvgIpc) is 2.97. The van der Waals surface area contributed by atoms with Crippen LogP contribution in [0.4, 0.5) is 0 Å². The number of hydrogen-bond acceptors (Lipinski definition) is 5. The third kappa shape index (κ3) is 3.92. The lowest BCUT2D eigenvalue weighted by molar-refractivity contribution is -0.138. The first-order chi connectivity index (χ1) is 11.5. The summed E-state index contributed by atoms with van der Waals surface area (Å²) in [7, 11) is 1.74. The molecule has 1 amide bonds. The van der Waals surface area contributed by atoms with E-state index in [2.05, 4.69) is 0 Å². The molecule has 0 saturated carbocycles. The van der Waals surface area contributed by atoms with E-state index in [1.165, 1.54) is 11.3 Å². The Kier molecular flexibility index (Phi) is 5.13. The Morgan fingerprint density at radius 1 is 1.42 bits per heavy atom. The predicted molar refractivity (Wildman–Crippen MR) is 92.6 cm³/mol. The molecule has 0 radical (unpaired) electrons. The Bertz CT molecular complexity index is 712. The fourth-order valence-electron chi connectivity index (χ4n) is 2.90. The topological polar surface area (TPSA) is 70.1 Å². The highest BCUT2D eigenvalue weighted by atomic mass is 32.1. The molecular formula is C17H20N2O4S. The fraction of sp³-hybridized carbons (Fsp3) is 0.412. The van der Waals surface area contributed by atoms with Crippen molar-refractivity contribution in [1.29, 1.82) is 0 Å². The predicted octanol–water partition coefficient (Wildman–Crippen LogP) is 1.76. The van der Waals surface area contributed by atoms with Crippen LogP contribution in [0.25, 0.3) is 10.1 Å². The Morgan fingerprint density at radius 3 is 2.96 bits per heavy atom. The minimum absolute atomic E-state index is 0.0189. The van der Waals surface area contributed by atoms with E-state index < -0.39 is 5.97 Å². The maximum absolute atomic E-state index is 12.8. The number of rotatable bonds is 5. The van der Waals surface area contributed by atoms with Crippen LogP contribution < -0.4 is 0 Å². The standard InChI is InChI=1S/C17H20N2O4S/c1-18(11-16(20)21)9-13-10-19(6-7-23-13)17(22)15-8-12-4-2-3-5-14(12)24-15/h2-5,8,13H,6-7,9-11H2,1H3,(H,20,21)/t13-/m0/s1. The molecule has 3 rings (SSSR count). The van der Waals surface area contributed by atoms with Gasteiger partial charge in [0.2, 0.25) is 0 Å². The molecule has 1 atom stereocenters. The largest absolute Gasteiger partial charge is 0.480 e. The monoisotopic (exact) mass is 348 g/mol. The lowest BCUT2D eigenvalue weighted by atomic mass is 10.2. The van der Waals surface area contributed by atoms with Gasteiger partial charge in [-0.1, -0.05) is 18.2 Å². The zero-order valence-electron chi connectivity index (χ0n) is 13.5. The molecule has 128 valence electrons. The summed E-state index contributed by atoms with van der Waals surface area (Å²) in [6, 6.07) is 9.89. The number of morpholine rings is 1. The van der Waals surface area contributed by atoms with Crippen LogP contribution in [0.2, 0.25) is 0 Å². The van der Waals surface area contributed by atoms with E-state index in [-0.39, 0.29) is 18.6 Å². The molecule has 2 aromatic rings. The van der Waals surface area contributed by atoms with E-state index in [1.807, 2.05) is 30.3 Å². The van der Waals surface area contributed by atoms with Crippen molar-refractivity contribution in [3.05, 3.63) is 35.2 Å². The number of likely N-dealkylation sites (N-methyl/N-ethyl adjacent to an activating group) is 1. The van der Waals surface area contributed by atoms with Crippen LogP contribution in [0.5, 0.6) is 0 Å². The van der Waals surface area contributed by atoms with Gasteiger partial charge in [0.05, 0.1) is 24.1 Å². The zero-order valence-corrected chi connectivity index (χ0v) is 14.3. The van der Waals surface area contributed by atoms with Crippen molar-refractivity contribution >= 4 is 33.3 Å². The normalized spacial score (nSPS) is 18.2. The van der Waals surface area contributed by atoms with Crippen molar-refractivity contribution in [1.82, 2.24) is 9.80 Å². The molecule has 6 nitrogen and oxygen atoms in total. The summed E-state index contributed by atoms with van der Waals surface area (Å²) in [5.41, 5.74) is 0. The number of ether oxygens (including phenoxy) is 1. The van der Waals surface area contributed by atoms with E-state index in [1.54, 1.807) is 16.8 Å². The van der Waals surface area contributed by atoms with Gasteiger partial charge < -0.3 is 14.7 Å². The molecule has 1 N–H and O–H groups in total. The van der Waals surface area contributed by atoms with Crippen LogP contribution in [-0.2, 0) is 9.53 Å². The summed E-state index contributed by atoms with van der Waals surface area (Å²) in [4.78, 5) is 27.7. The number of nitrogens with zero attached hydrogens (tertiary/aromatic N) is 2. The molecule has 1 aliphatic heterocycles. The van der Waals surface area contributed by atoms with Crippen molar-refractivity contribution in [2.45, 2.75) is 6.10 Å². The van der Waals surface area contributed by atoms with Gasteiger partial charge >= 0.3 is 5.97 Å². The number of carboxylic acid groups (broad SMARTS) is 1. The first kappa shape index (κ1) is 16.9. The molecule has 2 heterocycles. The van der Waals surface area contributed by atoms with Crippen LogP contribution in [0.3, 0.4) is 0 Å². The molecule has 1 aliphatic rings. The fourth-order valence-corrected chi connectivity index (χ4v) is 3.93. The molecule has 24 heavy (non-hydrogen) atoms. The van der Waals surface area contributed by atoms with Gasteiger partial charge in [0.15, 0.2) is 0 Å². The van der Waals surface area contributed by atoms with Crippen LogP contribution in [-0.4, -0.2) is 72.7 Å². The molecule has 1 aromatic heterocycles. The Balaban J connectivity index is 1.65. The quantitative estimate of drug-likeness (QED) is 0.892.